The predicted octanol–water partition coefficient (Wildman–Crippen LogP) is 2.94. The summed E-state index contributed by atoms with van der Waals surface area (Å²) in [6, 6.07) is 5.49. The fourth-order valence-electron chi connectivity index (χ4n) is 3.49. The van der Waals surface area contributed by atoms with Crippen LogP contribution in [-0.4, -0.2) is 64.0 Å². The molecular weight excluding hydrogens is 414 g/mol. The van der Waals surface area contributed by atoms with Gasteiger partial charge in [0.2, 0.25) is 5.88 Å². The van der Waals surface area contributed by atoms with E-state index < -0.39 is 0 Å². The van der Waals surface area contributed by atoms with Crippen LogP contribution in [0.5, 0.6) is 17.5 Å². The lowest BCUT2D eigenvalue weighted by atomic mass is 10.1. The lowest BCUT2D eigenvalue weighted by Crippen LogP contribution is -2.07. The summed E-state index contributed by atoms with van der Waals surface area (Å²) in [7, 11) is 4.72. The van der Waals surface area contributed by atoms with Crippen LogP contribution in [0.15, 0.2) is 36.8 Å². The van der Waals surface area contributed by atoms with Crippen molar-refractivity contribution in [1.82, 2.24) is 24.3 Å². The van der Waals surface area contributed by atoms with Crippen LogP contribution in [0.25, 0.3) is 27.8 Å². The summed E-state index contributed by atoms with van der Waals surface area (Å²) in [5.74, 6) is 1.02. The number of aromatic hydroxyl groups is 1. The maximum Gasteiger partial charge on any atom is 0.256 e. The quantitative estimate of drug-likeness (QED) is 0.397. The molecule has 32 heavy (non-hydrogen) atoms. The smallest absolute Gasteiger partial charge is 0.256 e. The van der Waals surface area contributed by atoms with E-state index in [4.69, 9.17) is 23.9 Å². The van der Waals surface area contributed by atoms with Crippen LogP contribution in [0, 0.1) is 6.92 Å². The monoisotopic (exact) mass is 439 g/mol. The summed E-state index contributed by atoms with van der Waals surface area (Å²) < 4.78 is 24.4. The Balaban J connectivity index is 1.68. The van der Waals surface area contributed by atoms with Gasteiger partial charge in [-0.25, -0.2) is 14.6 Å². The average molecular weight is 439 g/mol. The highest BCUT2D eigenvalue weighted by molar-refractivity contribution is 5.90. The highest BCUT2D eigenvalue weighted by Crippen LogP contribution is 2.35. The van der Waals surface area contributed by atoms with E-state index in [2.05, 4.69) is 10.1 Å². The molecule has 10 heteroatoms. The number of hydrogen-bond acceptors (Lipinski definition) is 8. The molecule has 0 aliphatic rings. The minimum absolute atomic E-state index is 0.0989. The number of pyridine rings is 2. The van der Waals surface area contributed by atoms with Gasteiger partial charge < -0.3 is 24.1 Å². The third-order valence-electron chi connectivity index (χ3n) is 5.09. The molecule has 0 amide bonds. The third kappa shape index (κ3) is 3.97. The van der Waals surface area contributed by atoms with Gasteiger partial charge in [0.25, 0.3) is 5.88 Å². The second kappa shape index (κ2) is 9.25. The minimum Gasteiger partial charge on any atom is -0.494 e. The maximum atomic E-state index is 10.9. The summed E-state index contributed by atoms with van der Waals surface area (Å²) in [5.41, 5.74) is 3.65. The first-order valence-corrected chi connectivity index (χ1v) is 9.96. The SMILES string of the molecule is COCCOCn1cc(-n2c(O)c3ccc(-c4cnc(OC)c(OC)c4)nc3c2C)cn1. The highest BCUT2D eigenvalue weighted by Gasteiger charge is 2.18. The van der Waals surface area contributed by atoms with E-state index in [0.29, 0.717) is 53.9 Å². The molecule has 0 spiro atoms. The second-order valence-corrected chi connectivity index (χ2v) is 7.04. The van der Waals surface area contributed by atoms with Gasteiger partial charge in [-0.2, -0.15) is 5.10 Å². The molecule has 4 aromatic heterocycles. The molecule has 4 heterocycles. The normalized spacial score (nSPS) is 11.2. The predicted molar refractivity (Wildman–Crippen MR) is 117 cm³/mol. The second-order valence-electron chi connectivity index (χ2n) is 7.04. The van der Waals surface area contributed by atoms with Crippen LogP contribution in [-0.2, 0) is 16.2 Å². The first-order valence-electron chi connectivity index (χ1n) is 9.96. The molecular formula is C22H25N5O5. The zero-order valence-electron chi connectivity index (χ0n) is 18.4. The van der Waals surface area contributed by atoms with Gasteiger partial charge in [-0.3, -0.25) is 4.57 Å². The van der Waals surface area contributed by atoms with Crippen LogP contribution < -0.4 is 9.47 Å². The number of hydrogen-bond donors (Lipinski definition) is 1. The van der Waals surface area contributed by atoms with E-state index in [1.165, 1.54) is 7.11 Å². The van der Waals surface area contributed by atoms with Crippen molar-refractivity contribution >= 4 is 10.9 Å². The molecule has 0 unspecified atom stereocenters. The van der Waals surface area contributed by atoms with Crippen molar-refractivity contribution in [2.45, 2.75) is 13.7 Å². The van der Waals surface area contributed by atoms with Crippen LogP contribution in [0.1, 0.15) is 5.69 Å². The van der Waals surface area contributed by atoms with Crippen molar-refractivity contribution in [3.8, 4) is 34.5 Å². The molecule has 10 nitrogen and oxygen atoms in total. The molecule has 168 valence electrons. The summed E-state index contributed by atoms with van der Waals surface area (Å²) in [6.45, 7) is 3.18. The van der Waals surface area contributed by atoms with E-state index in [-0.39, 0.29) is 5.88 Å². The third-order valence-corrected chi connectivity index (χ3v) is 5.09. The Morgan fingerprint density at radius 3 is 2.66 bits per heavy atom. The first-order chi connectivity index (χ1) is 15.6. The Morgan fingerprint density at radius 2 is 1.91 bits per heavy atom. The largest absolute Gasteiger partial charge is 0.494 e. The van der Waals surface area contributed by atoms with E-state index >= 15 is 0 Å². The molecule has 0 saturated carbocycles. The molecule has 4 aromatic rings. The number of aromatic nitrogens is 5. The highest BCUT2D eigenvalue weighted by atomic mass is 16.5. The zero-order chi connectivity index (χ0) is 22.7. The van der Waals surface area contributed by atoms with Crippen molar-refractivity contribution in [2.24, 2.45) is 0 Å². The summed E-state index contributed by atoms with van der Waals surface area (Å²) in [4.78, 5) is 9.06. The van der Waals surface area contributed by atoms with Crippen LogP contribution in [0.2, 0.25) is 0 Å². The Hall–Kier alpha value is -3.63. The van der Waals surface area contributed by atoms with Crippen molar-refractivity contribution < 1.29 is 24.1 Å². The van der Waals surface area contributed by atoms with Crippen molar-refractivity contribution in [1.29, 1.82) is 0 Å². The first kappa shape index (κ1) is 21.6. The number of ether oxygens (including phenoxy) is 4. The number of nitrogens with zero attached hydrogens (tertiary/aromatic N) is 5. The minimum atomic E-state index is 0.0989. The molecule has 0 aromatic carbocycles. The van der Waals surface area contributed by atoms with Crippen LogP contribution >= 0.6 is 0 Å². The fraction of sp³-hybridized carbons (Fsp3) is 0.318. The van der Waals surface area contributed by atoms with E-state index in [1.54, 1.807) is 42.1 Å². The Bertz CT molecular complexity index is 1230. The van der Waals surface area contributed by atoms with Gasteiger partial charge in [0, 0.05) is 24.6 Å². The van der Waals surface area contributed by atoms with Gasteiger partial charge in [-0.1, -0.05) is 0 Å². The topological polar surface area (TPSA) is 106 Å². The van der Waals surface area contributed by atoms with Gasteiger partial charge in [-0.15, -0.1) is 0 Å². The van der Waals surface area contributed by atoms with Gasteiger partial charge in [0.15, 0.2) is 5.75 Å². The van der Waals surface area contributed by atoms with Crippen LogP contribution in [0.3, 0.4) is 0 Å². The van der Waals surface area contributed by atoms with Crippen LogP contribution in [0.4, 0.5) is 0 Å². The number of rotatable bonds is 9. The lowest BCUT2D eigenvalue weighted by Gasteiger charge is -2.08. The number of aryl methyl sites for hydroxylation is 1. The molecule has 0 atom stereocenters. The van der Waals surface area contributed by atoms with Crippen molar-refractivity contribution in [3.05, 3.63) is 42.5 Å². The average Bonchev–Trinajstić information content (AvgIpc) is 3.38. The molecule has 0 saturated heterocycles. The molecule has 4 rings (SSSR count). The molecule has 0 aliphatic carbocycles. The number of fused-ring (bicyclic) bond motifs is 1. The number of methoxy groups -OCH3 is 3. The van der Waals surface area contributed by atoms with Gasteiger partial charge >= 0.3 is 0 Å². The summed E-state index contributed by atoms with van der Waals surface area (Å²) in [5, 5.41) is 15.8. The van der Waals surface area contributed by atoms with Gasteiger partial charge in [0.1, 0.15) is 6.73 Å². The summed E-state index contributed by atoms with van der Waals surface area (Å²) in [6.07, 6.45) is 5.15. The fourth-order valence-corrected chi connectivity index (χ4v) is 3.49. The van der Waals surface area contributed by atoms with E-state index in [9.17, 15) is 5.11 Å². The zero-order valence-corrected chi connectivity index (χ0v) is 18.4. The summed E-state index contributed by atoms with van der Waals surface area (Å²) >= 11 is 0. The maximum absolute atomic E-state index is 10.9. The molecule has 0 aliphatic heterocycles. The standard InChI is InChI=1S/C22H25N5O5/c1-14-20-17(5-6-18(25-20)15-9-19(30-3)21(31-4)23-10-15)22(28)27(14)16-11-24-26(12-16)13-32-8-7-29-2/h5-6,9-12,28H,7-8,13H2,1-4H3. The molecule has 0 bridgehead atoms. The molecule has 0 fully saturated rings. The van der Waals surface area contributed by atoms with Gasteiger partial charge in [-0.05, 0) is 25.1 Å². The van der Waals surface area contributed by atoms with Crippen molar-refractivity contribution in [3.63, 3.8) is 0 Å². The van der Waals surface area contributed by atoms with E-state index in [0.717, 1.165) is 11.3 Å². The van der Waals surface area contributed by atoms with E-state index in [1.807, 2.05) is 25.1 Å². The Labute approximate surface area is 184 Å². The van der Waals surface area contributed by atoms with Crippen molar-refractivity contribution in [2.75, 3.05) is 34.5 Å². The molecule has 1 N–H and O–H groups in total. The lowest BCUT2D eigenvalue weighted by molar-refractivity contribution is 0.0288. The van der Waals surface area contributed by atoms with Gasteiger partial charge in [0.05, 0.1) is 62.1 Å². The Morgan fingerprint density at radius 1 is 1.06 bits per heavy atom. The Kier molecular flexibility index (Phi) is 6.24. The molecule has 0 radical (unpaired) electrons.